The predicted molar refractivity (Wildman–Crippen MR) is 101 cm³/mol. The van der Waals surface area contributed by atoms with Crippen molar-refractivity contribution in [3.05, 3.63) is 91.0 Å². The molecule has 2 radical (unpaired) electrons. The van der Waals surface area contributed by atoms with Gasteiger partial charge in [-0.3, -0.25) is 0 Å². The van der Waals surface area contributed by atoms with E-state index in [1.54, 1.807) is 24.3 Å². The zero-order chi connectivity index (χ0) is 17.5. The summed E-state index contributed by atoms with van der Waals surface area (Å²) in [5.74, 6) is 1.04. The molecule has 0 amide bonds. The summed E-state index contributed by atoms with van der Waals surface area (Å²) in [6.07, 6.45) is 0. The standard InChI is InChI=1S/C19H17NO3P.Sn/c21-24(22-18-12-6-2-7-13-18,23-19-14-8-3-9-15-19)16-20-17-10-4-1-5-11-17;/h1-16,20H;/q;+1. The van der Waals surface area contributed by atoms with E-state index in [-0.39, 0.29) is 0 Å². The van der Waals surface area contributed by atoms with Gasteiger partial charge in [0, 0.05) is 0 Å². The van der Waals surface area contributed by atoms with Gasteiger partial charge in [-0.25, -0.2) is 0 Å². The zero-order valence-electron chi connectivity index (χ0n) is 13.4. The van der Waals surface area contributed by atoms with Crippen molar-refractivity contribution in [2.45, 2.75) is 3.80 Å². The Morgan fingerprint density at radius 3 is 1.56 bits per heavy atom. The molecule has 0 aliphatic carbocycles. The fourth-order valence-corrected chi connectivity index (χ4v) is 4.92. The first kappa shape index (κ1) is 17.9. The van der Waals surface area contributed by atoms with Crippen LogP contribution in [0.5, 0.6) is 11.5 Å². The van der Waals surface area contributed by atoms with E-state index in [2.05, 4.69) is 5.32 Å². The Morgan fingerprint density at radius 2 is 1.12 bits per heavy atom. The molecule has 0 spiro atoms. The fraction of sp³-hybridized carbons (Fsp3) is 0.0526. The van der Waals surface area contributed by atoms with Crippen molar-refractivity contribution in [3.8, 4) is 11.5 Å². The second kappa shape index (κ2) is 8.45. The number of benzene rings is 3. The van der Waals surface area contributed by atoms with Gasteiger partial charge in [0.2, 0.25) is 0 Å². The molecule has 0 bridgehead atoms. The zero-order valence-corrected chi connectivity index (χ0v) is 17.2. The number of hydrogen-bond donors (Lipinski definition) is 1. The molecule has 0 saturated carbocycles. The maximum atomic E-state index is 13.6. The van der Waals surface area contributed by atoms with Gasteiger partial charge in [-0.1, -0.05) is 0 Å². The molecule has 3 rings (SSSR count). The molecule has 1 N–H and O–H groups in total. The number of anilines is 1. The first-order valence-electron chi connectivity index (χ1n) is 7.77. The van der Waals surface area contributed by atoms with Crippen molar-refractivity contribution in [3.63, 3.8) is 0 Å². The summed E-state index contributed by atoms with van der Waals surface area (Å²) < 4.78 is 24.8. The number of nitrogens with one attached hydrogen (secondary N) is 1. The van der Waals surface area contributed by atoms with Gasteiger partial charge < -0.3 is 0 Å². The van der Waals surface area contributed by atoms with Crippen molar-refractivity contribution in [1.82, 2.24) is 0 Å². The monoisotopic (exact) mass is 458 g/mol. The molecule has 1 unspecified atom stereocenters. The van der Waals surface area contributed by atoms with Crippen LogP contribution in [-0.2, 0) is 4.57 Å². The average molecular weight is 457 g/mol. The maximum absolute atomic E-state index is 13.6. The van der Waals surface area contributed by atoms with E-state index in [1.807, 2.05) is 66.7 Å². The fourth-order valence-electron chi connectivity index (χ4n) is 2.15. The van der Waals surface area contributed by atoms with Crippen LogP contribution in [-0.4, -0.2) is 26.3 Å². The van der Waals surface area contributed by atoms with Crippen LogP contribution in [0, 0.1) is 0 Å². The molecule has 0 heterocycles. The van der Waals surface area contributed by atoms with Crippen molar-refractivity contribution in [2.24, 2.45) is 0 Å². The molecule has 0 aliphatic rings. The minimum atomic E-state index is -3.49. The molecule has 124 valence electrons. The van der Waals surface area contributed by atoms with Gasteiger partial charge >= 0.3 is 161 Å². The van der Waals surface area contributed by atoms with Crippen LogP contribution in [0.2, 0.25) is 0 Å². The second-order valence-electron chi connectivity index (χ2n) is 5.26. The Kier molecular flexibility index (Phi) is 6.05. The molecule has 3 aromatic carbocycles. The van der Waals surface area contributed by atoms with Crippen LogP contribution in [0.15, 0.2) is 91.0 Å². The molecule has 0 fully saturated rings. The Balaban J connectivity index is 1.86. The normalized spacial score (nSPS) is 12.2. The topological polar surface area (TPSA) is 47.6 Å². The molecule has 0 saturated heterocycles. The summed E-state index contributed by atoms with van der Waals surface area (Å²) in [5, 5.41) is 3.25. The van der Waals surface area contributed by atoms with Crippen molar-refractivity contribution in [1.29, 1.82) is 0 Å². The van der Waals surface area contributed by atoms with Crippen LogP contribution in [0.4, 0.5) is 5.69 Å². The minimum absolute atomic E-state index is 0.456. The van der Waals surface area contributed by atoms with Gasteiger partial charge in [-0.15, -0.1) is 0 Å². The average Bonchev–Trinajstić information content (AvgIpc) is 2.64. The van der Waals surface area contributed by atoms with Gasteiger partial charge in [0.25, 0.3) is 0 Å². The van der Waals surface area contributed by atoms with E-state index in [0.29, 0.717) is 11.5 Å². The van der Waals surface area contributed by atoms with Crippen LogP contribution >= 0.6 is 7.60 Å². The second-order valence-corrected chi connectivity index (χ2v) is 10.3. The molecule has 0 aliphatic heterocycles. The third-order valence-corrected chi connectivity index (χ3v) is 8.16. The third-order valence-electron chi connectivity index (χ3n) is 3.35. The quantitative estimate of drug-likeness (QED) is 0.405. The van der Waals surface area contributed by atoms with E-state index < -0.39 is 11.4 Å². The summed E-state index contributed by atoms with van der Waals surface area (Å²) in [6, 6.07) is 27.8. The van der Waals surface area contributed by atoms with Gasteiger partial charge in [-0.2, -0.15) is 0 Å². The van der Waals surface area contributed by atoms with Gasteiger partial charge in [0.05, 0.1) is 0 Å². The number of hydrogen-bond acceptors (Lipinski definition) is 4. The van der Waals surface area contributed by atoms with Gasteiger partial charge in [-0.05, 0) is 0 Å². The Morgan fingerprint density at radius 1 is 0.720 bits per heavy atom. The van der Waals surface area contributed by atoms with Gasteiger partial charge in [0.15, 0.2) is 0 Å². The first-order valence-corrected chi connectivity index (χ1v) is 11.0. The van der Waals surface area contributed by atoms with E-state index in [4.69, 9.17) is 9.05 Å². The molecule has 3 aromatic rings. The SMILES string of the molecule is O=P(Oc1ccccc1)(Oc1ccccc1)[CH]([Sn+])Nc1ccccc1. The molecular weight excluding hydrogens is 440 g/mol. The Hall–Kier alpha value is -1.91. The molecule has 1 atom stereocenters. The Bertz CT molecular complexity index is 786. The van der Waals surface area contributed by atoms with E-state index in [0.717, 1.165) is 28.2 Å². The summed E-state index contributed by atoms with van der Waals surface area (Å²) in [4.78, 5) is 0. The molecular formula is C19H17NO3PSn+. The van der Waals surface area contributed by atoms with Crippen molar-refractivity contribution in [2.75, 3.05) is 5.32 Å². The third kappa shape index (κ3) is 5.03. The number of rotatable bonds is 7. The van der Waals surface area contributed by atoms with Crippen molar-refractivity contribution >= 4 is 35.8 Å². The first-order chi connectivity index (χ1) is 12.2. The van der Waals surface area contributed by atoms with E-state index >= 15 is 0 Å². The van der Waals surface area contributed by atoms with Crippen molar-refractivity contribution < 1.29 is 13.6 Å². The van der Waals surface area contributed by atoms with Crippen LogP contribution < -0.4 is 14.4 Å². The van der Waals surface area contributed by atoms with Crippen LogP contribution in [0.1, 0.15) is 0 Å². The predicted octanol–water partition coefficient (Wildman–Crippen LogP) is 4.90. The summed E-state index contributed by atoms with van der Waals surface area (Å²) in [7, 11) is -3.49. The van der Waals surface area contributed by atoms with Crippen LogP contribution in [0.25, 0.3) is 0 Å². The molecule has 6 heteroatoms. The summed E-state index contributed by atoms with van der Waals surface area (Å²) in [5.41, 5.74) is 0.873. The summed E-state index contributed by atoms with van der Waals surface area (Å²) in [6.45, 7) is 0. The number of para-hydroxylation sites is 3. The summed E-state index contributed by atoms with van der Waals surface area (Å²) >= 11 is 1.01. The van der Waals surface area contributed by atoms with E-state index in [1.165, 1.54) is 0 Å². The van der Waals surface area contributed by atoms with Gasteiger partial charge in [0.1, 0.15) is 0 Å². The molecule has 4 nitrogen and oxygen atoms in total. The molecule has 0 aromatic heterocycles. The Labute approximate surface area is 160 Å². The van der Waals surface area contributed by atoms with E-state index in [9.17, 15) is 4.57 Å². The molecule has 25 heavy (non-hydrogen) atoms. The van der Waals surface area contributed by atoms with Crippen LogP contribution in [0.3, 0.4) is 0 Å².